The number of unbranched alkanes of at least 4 members (excludes halogenated alkanes) is 5. The maximum atomic E-state index is 5.32. The highest BCUT2D eigenvalue weighted by Crippen LogP contribution is 2.21. The molecule has 1 aliphatic rings. The molecule has 16 heavy (non-hydrogen) atoms. The highest BCUT2D eigenvalue weighted by atomic mass is 16.6. The van der Waals surface area contributed by atoms with Gasteiger partial charge in [-0.3, -0.25) is 0 Å². The van der Waals surface area contributed by atoms with Crippen LogP contribution in [0.2, 0.25) is 0 Å². The normalized spacial score (nSPS) is 21.4. The first-order chi connectivity index (χ1) is 7.74. The van der Waals surface area contributed by atoms with E-state index in [1.165, 1.54) is 51.4 Å². The molecule has 0 radical (unpaired) electrons. The summed E-state index contributed by atoms with van der Waals surface area (Å²) in [5.74, 6) is 0. The number of ether oxygens (including phenoxy) is 1. The summed E-state index contributed by atoms with van der Waals surface area (Å²) in [7, 11) is 4.40. The topological polar surface area (TPSA) is 15.8 Å². The van der Waals surface area contributed by atoms with E-state index in [1.54, 1.807) is 0 Å². The molecule has 2 unspecified atom stereocenters. The van der Waals surface area contributed by atoms with E-state index >= 15 is 0 Å². The highest BCUT2D eigenvalue weighted by molar-refractivity contribution is 4.78. The molecule has 0 aromatic rings. The van der Waals surface area contributed by atoms with E-state index < -0.39 is 0 Å². The molecular formula is C14H29NO. The summed E-state index contributed by atoms with van der Waals surface area (Å²) in [4.78, 5) is 2.37. The lowest BCUT2D eigenvalue weighted by Crippen LogP contribution is -2.29. The summed E-state index contributed by atoms with van der Waals surface area (Å²) in [5.41, 5.74) is 0. The van der Waals surface area contributed by atoms with Gasteiger partial charge in [0.05, 0.1) is 12.7 Å². The van der Waals surface area contributed by atoms with Crippen molar-refractivity contribution in [3.05, 3.63) is 0 Å². The average molecular weight is 227 g/mol. The number of nitrogens with zero attached hydrogens (tertiary/aromatic N) is 1. The van der Waals surface area contributed by atoms with Crippen LogP contribution in [0.15, 0.2) is 0 Å². The average Bonchev–Trinajstić information content (AvgIpc) is 3.05. The van der Waals surface area contributed by atoms with Crippen LogP contribution >= 0.6 is 0 Å². The van der Waals surface area contributed by atoms with Crippen LogP contribution < -0.4 is 0 Å². The van der Waals surface area contributed by atoms with E-state index in [9.17, 15) is 0 Å². The molecule has 0 spiro atoms. The van der Waals surface area contributed by atoms with Crippen LogP contribution in [0.1, 0.15) is 58.3 Å². The monoisotopic (exact) mass is 227 g/mol. The lowest BCUT2D eigenvalue weighted by molar-refractivity contribution is 0.235. The van der Waals surface area contributed by atoms with Crippen molar-refractivity contribution < 1.29 is 4.74 Å². The molecule has 0 N–H and O–H groups in total. The maximum Gasteiger partial charge on any atom is 0.0824 e. The first-order valence-corrected chi connectivity index (χ1v) is 7.02. The van der Waals surface area contributed by atoms with Gasteiger partial charge in [-0.2, -0.15) is 0 Å². The van der Waals surface area contributed by atoms with Crippen molar-refractivity contribution in [1.29, 1.82) is 0 Å². The largest absolute Gasteiger partial charge is 0.373 e. The molecule has 2 heteroatoms. The summed E-state index contributed by atoms with van der Waals surface area (Å²) < 4.78 is 5.32. The molecule has 1 rings (SSSR count). The van der Waals surface area contributed by atoms with E-state index in [2.05, 4.69) is 25.9 Å². The van der Waals surface area contributed by atoms with Crippen molar-refractivity contribution in [2.75, 3.05) is 20.7 Å². The Morgan fingerprint density at radius 2 is 1.75 bits per heavy atom. The third kappa shape index (κ3) is 6.49. The van der Waals surface area contributed by atoms with Gasteiger partial charge >= 0.3 is 0 Å². The quantitative estimate of drug-likeness (QED) is 0.419. The predicted octanol–water partition coefficient (Wildman–Crippen LogP) is 3.46. The lowest BCUT2D eigenvalue weighted by Gasteiger charge is -2.23. The minimum Gasteiger partial charge on any atom is -0.373 e. The lowest BCUT2D eigenvalue weighted by atomic mass is 10.0. The Kier molecular flexibility index (Phi) is 7.06. The Labute approximate surface area is 101 Å². The van der Waals surface area contributed by atoms with Gasteiger partial charge in [-0.15, -0.1) is 0 Å². The van der Waals surface area contributed by atoms with Crippen molar-refractivity contribution in [2.45, 2.75) is 70.4 Å². The van der Waals surface area contributed by atoms with Crippen LogP contribution in [0, 0.1) is 0 Å². The molecule has 1 heterocycles. The fourth-order valence-corrected chi connectivity index (χ4v) is 2.25. The number of rotatable bonds is 10. The molecule has 1 saturated heterocycles. The SMILES string of the molecule is CCCCCCCCC(CC1CO1)N(C)C. The fraction of sp³-hybridized carbons (Fsp3) is 1.00. The first kappa shape index (κ1) is 14.0. The standard InChI is InChI=1S/C14H29NO/c1-4-5-6-7-8-9-10-13(15(2)3)11-14-12-16-14/h13-14H,4-12H2,1-3H3. The minimum atomic E-state index is 0.576. The van der Waals surface area contributed by atoms with Crippen LogP contribution in [0.25, 0.3) is 0 Å². The minimum absolute atomic E-state index is 0.576. The van der Waals surface area contributed by atoms with Crippen LogP contribution in [0.5, 0.6) is 0 Å². The number of epoxide rings is 1. The summed E-state index contributed by atoms with van der Waals surface area (Å²) >= 11 is 0. The maximum absolute atomic E-state index is 5.32. The second-order valence-electron chi connectivity index (χ2n) is 5.36. The van der Waals surface area contributed by atoms with E-state index in [0.29, 0.717) is 6.10 Å². The Hall–Kier alpha value is -0.0800. The zero-order valence-corrected chi connectivity index (χ0v) is 11.4. The molecule has 96 valence electrons. The molecule has 1 fully saturated rings. The Balaban J connectivity index is 1.98. The second kappa shape index (κ2) is 8.08. The van der Waals surface area contributed by atoms with Gasteiger partial charge in [-0.25, -0.2) is 0 Å². The van der Waals surface area contributed by atoms with Crippen molar-refractivity contribution >= 4 is 0 Å². The summed E-state index contributed by atoms with van der Waals surface area (Å²) in [6.07, 6.45) is 11.6. The molecule has 2 atom stereocenters. The van der Waals surface area contributed by atoms with E-state index in [1.807, 2.05) is 0 Å². The van der Waals surface area contributed by atoms with Crippen molar-refractivity contribution in [1.82, 2.24) is 4.90 Å². The van der Waals surface area contributed by atoms with E-state index in [4.69, 9.17) is 4.74 Å². The Bertz CT molecular complexity index is 166. The van der Waals surface area contributed by atoms with E-state index in [-0.39, 0.29) is 0 Å². The summed E-state index contributed by atoms with van der Waals surface area (Å²) in [5, 5.41) is 0. The van der Waals surface area contributed by atoms with Gasteiger partial charge in [0, 0.05) is 6.04 Å². The molecule has 0 aliphatic carbocycles. The van der Waals surface area contributed by atoms with Crippen molar-refractivity contribution in [2.24, 2.45) is 0 Å². The van der Waals surface area contributed by atoms with Crippen molar-refractivity contribution in [3.63, 3.8) is 0 Å². The molecule has 0 amide bonds. The number of hydrogen-bond donors (Lipinski definition) is 0. The van der Waals surface area contributed by atoms with E-state index in [0.717, 1.165) is 12.6 Å². The van der Waals surface area contributed by atoms with Crippen molar-refractivity contribution in [3.8, 4) is 0 Å². The third-order valence-electron chi connectivity index (χ3n) is 3.56. The van der Waals surface area contributed by atoms with Gasteiger partial charge in [0.2, 0.25) is 0 Å². The zero-order valence-electron chi connectivity index (χ0n) is 11.4. The van der Waals surface area contributed by atoms with Crippen LogP contribution in [-0.2, 0) is 4.74 Å². The zero-order chi connectivity index (χ0) is 11.8. The van der Waals surface area contributed by atoms with Crippen LogP contribution in [-0.4, -0.2) is 37.7 Å². The molecule has 0 bridgehead atoms. The highest BCUT2D eigenvalue weighted by Gasteiger charge is 2.27. The van der Waals surface area contributed by atoms with Gasteiger partial charge < -0.3 is 9.64 Å². The van der Waals surface area contributed by atoms with Crippen LogP contribution in [0.3, 0.4) is 0 Å². The van der Waals surface area contributed by atoms with Gasteiger partial charge in [0.1, 0.15) is 0 Å². The fourth-order valence-electron chi connectivity index (χ4n) is 2.25. The van der Waals surface area contributed by atoms with Gasteiger partial charge in [0.15, 0.2) is 0 Å². The smallest absolute Gasteiger partial charge is 0.0824 e. The molecule has 0 aromatic carbocycles. The molecular weight excluding hydrogens is 198 g/mol. The predicted molar refractivity (Wildman–Crippen MR) is 69.8 cm³/mol. The first-order valence-electron chi connectivity index (χ1n) is 7.02. The molecule has 0 saturated carbocycles. The second-order valence-corrected chi connectivity index (χ2v) is 5.36. The van der Waals surface area contributed by atoms with Gasteiger partial charge in [-0.1, -0.05) is 45.4 Å². The Morgan fingerprint density at radius 1 is 1.12 bits per heavy atom. The summed E-state index contributed by atoms with van der Waals surface area (Å²) in [6.45, 7) is 3.28. The molecule has 1 aliphatic heterocycles. The molecule has 2 nitrogen and oxygen atoms in total. The van der Waals surface area contributed by atoms with Gasteiger partial charge in [-0.05, 0) is 26.9 Å². The third-order valence-corrected chi connectivity index (χ3v) is 3.56. The van der Waals surface area contributed by atoms with Gasteiger partial charge in [0.25, 0.3) is 0 Å². The Morgan fingerprint density at radius 3 is 2.31 bits per heavy atom. The molecule has 0 aromatic heterocycles. The van der Waals surface area contributed by atoms with Crippen LogP contribution in [0.4, 0.5) is 0 Å². The number of hydrogen-bond acceptors (Lipinski definition) is 2. The summed E-state index contributed by atoms with van der Waals surface area (Å²) in [6, 6.07) is 0.735.